The van der Waals surface area contributed by atoms with Crippen molar-refractivity contribution in [3.63, 3.8) is 0 Å². The predicted molar refractivity (Wildman–Crippen MR) is 186 cm³/mol. The van der Waals surface area contributed by atoms with Crippen LogP contribution in [0.15, 0.2) is 11.6 Å². The average Bonchev–Trinajstić information content (AvgIpc) is 2.85. The fraction of sp³-hybridized carbons (Fsp3) is 0.943. The van der Waals surface area contributed by atoms with Crippen LogP contribution in [-0.2, 0) is 27.8 Å². The number of ether oxygens (including phenoxy) is 4. The second-order valence-corrected chi connectivity index (χ2v) is 26.4. The minimum Gasteiger partial charge on any atom is -0.416 e. The second kappa shape index (κ2) is 16.7. The quantitative estimate of drug-likeness (QED) is 0.0947. The second-order valence-electron chi connectivity index (χ2n) is 16.8. The molecule has 0 N–H and O–H groups in total. The number of hydrogen-bond donors (Lipinski definition) is 0. The van der Waals surface area contributed by atoms with Crippen LogP contribution in [0.3, 0.4) is 0 Å². The Kier molecular flexibility index (Phi) is 15.9. The lowest BCUT2D eigenvalue weighted by molar-refractivity contribution is -0.243. The van der Waals surface area contributed by atoms with Gasteiger partial charge in [-0.15, -0.1) is 0 Å². The predicted octanol–water partition coefficient (Wildman–Crippen LogP) is 9.67. The summed E-state index contributed by atoms with van der Waals surface area (Å²) in [5.41, 5.74) is 1.37. The molecule has 1 fully saturated rings. The van der Waals surface area contributed by atoms with Gasteiger partial charge in [0.1, 0.15) is 6.79 Å². The summed E-state index contributed by atoms with van der Waals surface area (Å²) in [6, 6.07) is 0. The van der Waals surface area contributed by atoms with Gasteiger partial charge in [-0.25, -0.2) is 0 Å². The summed E-state index contributed by atoms with van der Waals surface area (Å²) in [7, 11) is -2.17. The van der Waals surface area contributed by atoms with Crippen molar-refractivity contribution in [2.45, 2.75) is 157 Å². The van der Waals surface area contributed by atoms with Crippen molar-refractivity contribution >= 4 is 16.6 Å². The highest BCUT2D eigenvalue weighted by Crippen LogP contribution is 2.42. The van der Waals surface area contributed by atoms with Gasteiger partial charge < -0.3 is 27.8 Å². The largest absolute Gasteiger partial charge is 0.416 e. The third kappa shape index (κ3) is 12.2. The van der Waals surface area contributed by atoms with Crippen molar-refractivity contribution in [1.29, 1.82) is 0 Å². The molecule has 0 aliphatic carbocycles. The number of rotatable bonds is 16. The lowest BCUT2D eigenvalue weighted by Crippen LogP contribution is -2.52. The molecule has 0 amide bonds. The van der Waals surface area contributed by atoms with Crippen LogP contribution < -0.4 is 0 Å². The smallest absolute Gasteiger partial charge is 0.192 e. The van der Waals surface area contributed by atoms with E-state index in [0.717, 1.165) is 13.0 Å². The highest BCUT2D eigenvalue weighted by molar-refractivity contribution is 6.74. The fourth-order valence-corrected chi connectivity index (χ4v) is 8.33. The van der Waals surface area contributed by atoms with Crippen molar-refractivity contribution < 1.29 is 27.8 Å². The first-order chi connectivity index (χ1) is 19.4. The molecule has 1 saturated heterocycles. The van der Waals surface area contributed by atoms with Gasteiger partial charge in [0.2, 0.25) is 0 Å². The van der Waals surface area contributed by atoms with Crippen LogP contribution in [0, 0.1) is 29.6 Å². The van der Waals surface area contributed by atoms with Gasteiger partial charge in [0, 0.05) is 37.4 Å². The molecule has 0 unspecified atom stereocenters. The molecule has 8 heteroatoms. The molecule has 9 atom stereocenters. The Bertz CT molecular complexity index is 846. The Hall–Kier alpha value is -0.0662. The Morgan fingerprint density at radius 2 is 1.44 bits per heavy atom. The summed E-state index contributed by atoms with van der Waals surface area (Å²) in [5.74, 6) is 1.37. The maximum Gasteiger partial charge on any atom is 0.192 e. The van der Waals surface area contributed by atoms with E-state index < -0.39 is 16.6 Å². The molecule has 0 aromatic carbocycles. The van der Waals surface area contributed by atoms with Crippen molar-refractivity contribution in [3.05, 3.63) is 11.6 Å². The highest BCUT2D eigenvalue weighted by atomic mass is 28.4. The first kappa shape index (κ1) is 41.0. The van der Waals surface area contributed by atoms with Gasteiger partial charge in [-0.1, -0.05) is 87.8 Å². The van der Waals surface area contributed by atoms with Crippen LogP contribution in [0.5, 0.6) is 0 Å². The van der Waals surface area contributed by atoms with E-state index in [4.69, 9.17) is 27.8 Å². The topological polar surface area (TPSA) is 55.4 Å². The monoisotopic (exact) mass is 644 g/mol. The van der Waals surface area contributed by atoms with Gasteiger partial charge in [0.25, 0.3) is 0 Å². The average molecular weight is 645 g/mol. The van der Waals surface area contributed by atoms with Crippen molar-refractivity contribution in [2.75, 3.05) is 27.1 Å². The third-order valence-corrected chi connectivity index (χ3v) is 19.5. The van der Waals surface area contributed by atoms with E-state index in [1.54, 1.807) is 7.11 Å². The molecule has 1 aliphatic heterocycles. The fourth-order valence-electron chi connectivity index (χ4n) is 5.73. The molecule has 0 saturated carbocycles. The standard InChI is InChI=1S/C35H72O6Si2/c1-24(19-25(2)31(38-23-36-14)28(5)22-39-42(15,16)34(8,9)10)20-26(3)33(41-43(17,18)35(11,12)13)29(6)32-27(4)21-37-30(7)40-32/h19,25-33H,20-23H2,1-18H3/b24-19-/t25-,26-,27-,28-,29+,30-,31+,32-,33+/m0/s1. The molecular formula is C35H72O6Si2. The van der Waals surface area contributed by atoms with E-state index in [-0.39, 0.29) is 59.2 Å². The molecule has 256 valence electrons. The zero-order valence-electron chi connectivity index (χ0n) is 31.6. The van der Waals surface area contributed by atoms with Crippen molar-refractivity contribution in [2.24, 2.45) is 29.6 Å². The molecule has 0 radical (unpaired) electrons. The zero-order chi connectivity index (χ0) is 33.6. The molecule has 43 heavy (non-hydrogen) atoms. The zero-order valence-corrected chi connectivity index (χ0v) is 33.6. The molecule has 0 aromatic rings. The SMILES string of the molecule is COCO[C@H]([C@@H](C)/C=C(/C)C[C@H](C)[C@@H](O[Si](C)(C)C(C)(C)C)[C@H](C)[C@H]1O[C@@H](C)OC[C@@H]1C)[C@@H](C)CO[Si](C)(C)C(C)(C)C. The molecule has 0 aromatic heterocycles. The summed E-state index contributed by atoms with van der Waals surface area (Å²) in [6.45, 7) is 40.6. The van der Waals surface area contributed by atoms with Crippen LogP contribution in [0.4, 0.5) is 0 Å². The highest BCUT2D eigenvalue weighted by Gasteiger charge is 2.45. The lowest BCUT2D eigenvalue weighted by atomic mass is 9.81. The summed E-state index contributed by atoms with van der Waals surface area (Å²) in [4.78, 5) is 0. The van der Waals surface area contributed by atoms with Crippen LogP contribution in [0.2, 0.25) is 36.3 Å². The normalized spacial score (nSPS) is 25.6. The van der Waals surface area contributed by atoms with E-state index in [1.807, 2.05) is 6.92 Å². The maximum atomic E-state index is 7.24. The van der Waals surface area contributed by atoms with Gasteiger partial charge >= 0.3 is 0 Å². The molecule has 1 heterocycles. The molecule has 1 aliphatic rings. The Balaban J connectivity index is 3.19. The third-order valence-electron chi connectivity index (χ3n) is 10.5. The number of allylic oxidation sites excluding steroid dienone is 1. The van der Waals surface area contributed by atoms with Crippen LogP contribution in [0.25, 0.3) is 0 Å². The van der Waals surface area contributed by atoms with E-state index in [9.17, 15) is 0 Å². The summed E-state index contributed by atoms with van der Waals surface area (Å²) >= 11 is 0. The van der Waals surface area contributed by atoms with Crippen LogP contribution in [-0.4, -0.2) is 68.4 Å². The van der Waals surface area contributed by atoms with Gasteiger partial charge in [-0.3, -0.25) is 0 Å². The Labute approximate surface area is 269 Å². The molecular weight excluding hydrogens is 573 g/mol. The Morgan fingerprint density at radius 3 is 1.95 bits per heavy atom. The van der Waals surface area contributed by atoms with E-state index in [2.05, 4.69) is 115 Å². The molecule has 0 spiro atoms. The van der Waals surface area contributed by atoms with Gasteiger partial charge in [-0.05, 0) is 62.5 Å². The molecule has 0 bridgehead atoms. The van der Waals surface area contributed by atoms with Gasteiger partial charge in [-0.2, -0.15) is 0 Å². The van der Waals surface area contributed by atoms with Gasteiger partial charge in [0.15, 0.2) is 22.9 Å². The molecule has 6 nitrogen and oxygen atoms in total. The molecule has 1 rings (SSSR count). The Morgan fingerprint density at radius 1 is 0.884 bits per heavy atom. The lowest BCUT2D eigenvalue weighted by Gasteiger charge is -2.46. The number of methoxy groups -OCH3 is 1. The minimum absolute atomic E-state index is 0.00570. The van der Waals surface area contributed by atoms with Crippen molar-refractivity contribution in [1.82, 2.24) is 0 Å². The van der Waals surface area contributed by atoms with Crippen LogP contribution >= 0.6 is 0 Å². The summed E-state index contributed by atoms with van der Waals surface area (Å²) in [6.07, 6.45) is 3.40. The first-order valence-electron chi connectivity index (χ1n) is 16.8. The minimum atomic E-state index is -2.02. The first-order valence-corrected chi connectivity index (χ1v) is 22.6. The summed E-state index contributed by atoms with van der Waals surface area (Å²) < 4.78 is 37.7. The van der Waals surface area contributed by atoms with Crippen LogP contribution in [0.1, 0.15) is 96.4 Å². The van der Waals surface area contributed by atoms with E-state index >= 15 is 0 Å². The number of hydrogen-bond acceptors (Lipinski definition) is 6. The maximum absolute atomic E-state index is 7.24. The van der Waals surface area contributed by atoms with Gasteiger partial charge in [0.05, 0.1) is 24.9 Å². The summed E-state index contributed by atoms with van der Waals surface area (Å²) in [5, 5.41) is 0.313. The van der Waals surface area contributed by atoms with E-state index in [0.29, 0.717) is 18.4 Å². The van der Waals surface area contributed by atoms with E-state index in [1.165, 1.54) is 5.57 Å². The van der Waals surface area contributed by atoms with Crippen molar-refractivity contribution in [3.8, 4) is 0 Å².